The number of methoxy groups -OCH3 is 1. The number of nitro benzene ring substituents is 1. The van der Waals surface area contributed by atoms with Crippen LogP contribution in [-0.4, -0.2) is 23.8 Å². The Morgan fingerprint density at radius 2 is 2.16 bits per heavy atom. The highest BCUT2D eigenvalue weighted by atomic mass is 32.2. The number of nitrogens with zero attached hydrogens (tertiary/aromatic N) is 1. The molecule has 0 atom stereocenters. The summed E-state index contributed by atoms with van der Waals surface area (Å²) in [6.07, 6.45) is 0. The normalized spacial score (nSPS) is 10.6. The van der Waals surface area contributed by atoms with Crippen LogP contribution in [0.4, 0.5) is 10.1 Å². The summed E-state index contributed by atoms with van der Waals surface area (Å²) < 4.78 is 18.1. The number of rotatable bonds is 5. The van der Waals surface area contributed by atoms with E-state index in [1.54, 1.807) is 0 Å². The highest BCUT2D eigenvalue weighted by Gasteiger charge is 2.22. The van der Waals surface area contributed by atoms with Crippen molar-refractivity contribution in [2.75, 3.05) is 12.9 Å². The molecule has 5 nitrogen and oxygen atoms in total. The highest BCUT2D eigenvalue weighted by Crippen LogP contribution is 2.33. The van der Waals surface area contributed by atoms with Gasteiger partial charge in [-0.3, -0.25) is 10.1 Å². The highest BCUT2D eigenvalue weighted by molar-refractivity contribution is 7.99. The summed E-state index contributed by atoms with van der Waals surface area (Å²) in [5.74, 6) is -0.852. The maximum absolute atomic E-state index is 13.6. The molecule has 0 spiro atoms. The van der Waals surface area contributed by atoms with Gasteiger partial charge in [0.25, 0.3) is 5.69 Å². The Bertz CT molecular complexity index is 505. The van der Waals surface area contributed by atoms with Gasteiger partial charge in [0.2, 0.25) is 0 Å². The van der Waals surface area contributed by atoms with Crippen LogP contribution in [-0.2, 0) is 4.74 Å². The van der Waals surface area contributed by atoms with E-state index in [1.165, 1.54) is 17.8 Å². The lowest BCUT2D eigenvalue weighted by Crippen LogP contribution is -2.06. The van der Waals surface area contributed by atoms with Gasteiger partial charge in [-0.15, -0.1) is 11.8 Å². The van der Waals surface area contributed by atoms with E-state index in [1.807, 2.05) is 13.8 Å². The van der Waals surface area contributed by atoms with Gasteiger partial charge < -0.3 is 4.74 Å². The summed E-state index contributed by atoms with van der Waals surface area (Å²) >= 11 is 1.22. The number of ether oxygens (including phenoxy) is 1. The Kier molecular flexibility index (Phi) is 5.29. The summed E-state index contributed by atoms with van der Waals surface area (Å²) in [4.78, 5) is 21.8. The Morgan fingerprint density at radius 1 is 1.53 bits per heavy atom. The van der Waals surface area contributed by atoms with Crippen molar-refractivity contribution in [1.82, 2.24) is 0 Å². The molecule has 0 N–H and O–H groups in total. The predicted molar refractivity (Wildman–Crippen MR) is 70.0 cm³/mol. The van der Waals surface area contributed by atoms with E-state index < -0.39 is 16.7 Å². The lowest BCUT2D eigenvalue weighted by Gasteiger charge is -2.08. The SMILES string of the molecule is COC(=O)c1cc(SCC(C)C)c([N+](=O)[O-])cc1F. The maximum Gasteiger partial charge on any atom is 0.340 e. The lowest BCUT2D eigenvalue weighted by molar-refractivity contribution is -0.387. The number of hydrogen-bond donors (Lipinski definition) is 0. The van der Waals surface area contributed by atoms with Gasteiger partial charge in [-0.2, -0.15) is 0 Å². The fraction of sp³-hybridized carbons (Fsp3) is 0.417. The number of carbonyl (C=O) groups excluding carboxylic acids is 1. The minimum atomic E-state index is -0.951. The third-order valence-corrected chi connectivity index (χ3v) is 3.69. The van der Waals surface area contributed by atoms with Gasteiger partial charge in [0.05, 0.1) is 28.6 Å². The Hall–Kier alpha value is -1.63. The van der Waals surface area contributed by atoms with Crippen molar-refractivity contribution in [2.24, 2.45) is 5.92 Å². The summed E-state index contributed by atoms with van der Waals surface area (Å²) in [6, 6.07) is 1.93. The van der Waals surface area contributed by atoms with Crippen molar-refractivity contribution in [3.8, 4) is 0 Å². The van der Waals surface area contributed by atoms with Crippen molar-refractivity contribution in [3.63, 3.8) is 0 Å². The summed E-state index contributed by atoms with van der Waals surface area (Å²) in [5.41, 5.74) is -0.629. The first-order chi connectivity index (χ1) is 8.86. The van der Waals surface area contributed by atoms with E-state index in [4.69, 9.17) is 0 Å². The Balaban J connectivity index is 3.23. The average molecular weight is 287 g/mol. The molecule has 0 saturated heterocycles. The summed E-state index contributed by atoms with van der Waals surface area (Å²) in [5, 5.41) is 10.9. The van der Waals surface area contributed by atoms with Gasteiger partial charge in [0, 0.05) is 5.75 Å². The number of nitro groups is 1. The van der Waals surface area contributed by atoms with Crippen molar-refractivity contribution >= 4 is 23.4 Å². The second-order valence-corrected chi connectivity index (χ2v) is 5.32. The van der Waals surface area contributed by atoms with Crippen LogP contribution in [0.1, 0.15) is 24.2 Å². The van der Waals surface area contributed by atoms with E-state index in [2.05, 4.69) is 4.74 Å². The van der Waals surface area contributed by atoms with Gasteiger partial charge in [-0.25, -0.2) is 9.18 Å². The van der Waals surface area contributed by atoms with Gasteiger partial charge in [0.15, 0.2) is 0 Å². The second kappa shape index (κ2) is 6.51. The Morgan fingerprint density at radius 3 is 2.63 bits per heavy atom. The molecule has 1 rings (SSSR count). The average Bonchev–Trinajstić information content (AvgIpc) is 2.35. The van der Waals surface area contributed by atoms with Crippen LogP contribution in [0.3, 0.4) is 0 Å². The van der Waals surface area contributed by atoms with Crippen LogP contribution in [0, 0.1) is 21.8 Å². The van der Waals surface area contributed by atoms with Gasteiger partial charge in [-0.1, -0.05) is 13.8 Å². The molecule has 0 saturated carbocycles. The molecule has 0 aliphatic carbocycles. The van der Waals surface area contributed by atoms with Crippen LogP contribution < -0.4 is 0 Å². The van der Waals surface area contributed by atoms with Crippen molar-refractivity contribution in [1.29, 1.82) is 0 Å². The van der Waals surface area contributed by atoms with E-state index >= 15 is 0 Å². The number of halogens is 1. The zero-order chi connectivity index (χ0) is 14.6. The number of esters is 1. The first-order valence-corrected chi connectivity index (χ1v) is 6.54. The molecule has 0 fully saturated rings. The van der Waals surface area contributed by atoms with E-state index in [-0.39, 0.29) is 16.1 Å². The third-order valence-electron chi connectivity index (χ3n) is 2.22. The quantitative estimate of drug-likeness (QED) is 0.360. The smallest absolute Gasteiger partial charge is 0.340 e. The summed E-state index contributed by atoms with van der Waals surface area (Å²) in [7, 11) is 1.13. The van der Waals surface area contributed by atoms with Gasteiger partial charge >= 0.3 is 5.97 Å². The minimum Gasteiger partial charge on any atom is -0.465 e. The first-order valence-electron chi connectivity index (χ1n) is 5.55. The number of benzene rings is 1. The monoisotopic (exact) mass is 287 g/mol. The second-order valence-electron chi connectivity index (χ2n) is 4.25. The molecule has 19 heavy (non-hydrogen) atoms. The van der Waals surface area contributed by atoms with Crippen LogP contribution in [0.2, 0.25) is 0 Å². The van der Waals surface area contributed by atoms with Crippen LogP contribution in [0.25, 0.3) is 0 Å². The fourth-order valence-corrected chi connectivity index (χ4v) is 2.32. The fourth-order valence-electron chi connectivity index (χ4n) is 1.32. The van der Waals surface area contributed by atoms with Crippen molar-refractivity contribution < 1.29 is 18.8 Å². The van der Waals surface area contributed by atoms with E-state index in [9.17, 15) is 19.3 Å². The molecule has 0 amide bonds. The zero-order valence-corrected chi connectivity index (χ0v) is 11.6. The zero-order valence-electron chi connectivity index (χ0n) is 10.8. The topological polar surface area (TPSA) is 69.4 Å². The van der Waals surface area contributed by atoms with Crippen LogP contribution in [0.5, 0.6) is 0 Å². The molecule has 0 radical (unpaired) electrons. The molecule has 0 aliphatic heterocycles. The van der Waals surface area contributed by atoms with Gasteiger partial charge in [0.1, 0.15) is 5.82 Å². The molecule has 1 aromatic rings. The molecule has 0 unspecified atom stereocenters. The molecular formula is C12H14FNO4S. The maximum atomic E-state index is 13.6. The molecular weight excluding hydrogens is 273 g/mol. The predicted octanol–water partition coefficient (Wildman–Crippen LogP) is 3.27. The van der Waals surface area contributed by atoms with Crippen molar-refractivity contribution in [3.05, 3.63) is 33.6 Å². The Labute approximate surface area is 114 Å². The largest absolute Gasteiger partial charge is 0.465 e. The standard InChI is InChI=1S/C12H14FNO4S/c1-7(2)6-19-11-4-8(12(15)18-3)9(13)5-10(11)14(16)17/h4-5,7H,6H2,1-3H3. The molecule has 104 valence electrons. The van der Waals surface area contributed by atoms with Crippen molar-refractivity contribution in [2.45, 2.75) is 18.7 Å². The van der Waals surface area contributed by atoms with E-state index in [0.29, 0.717) is 11.7 Å². The number of hydrogen-bond acceptors (Lipinski definition) is 5. The molecule has 0 aromatic heterocycles. The summed E-state index contributed by atoms with van der Waals surface area (Å²) in [6.45, 7) is 3.92. The molecule has 7 heteroatoms. The molecule has 0 aliphatic rings. The molecule has 0 heterocycles. The van der Waals surface area contributed by atoms with Gasteiger partial charge in [-0.05, 0) is 12.0 Å². The number of thioether (sulfide) groups is 1. The van der Waals surface area contributed by atoms with E-state index in [0.717, 1.165) is 13.2 Å². The first kappa shape index (κ1) is 15.4. The third kappa shape index (κ3) is 3.92. The molecule has 0 bridgehead atoms. The molecule has 1 aromatic carbocycles. The number of carbonyl (C=O) groups is 1. The van der Waals surface area contributed by atoms with Crippen LogP contribution in [0.15, 0.2) is 17.0 Å². The van der Waals surface area contributed by atoms with Crippen LogP contribution >= 0.6 is 11.8 Å². The lowest BCUT2D eigenvalue weighted by atomic mass is 10.2. The minimum absolute atomic E-state index is 0.264.